The smallest absolute Gasteiger partial charge is 0.224 e. The van der Waals surface area contributed by atoms with Crippen molar-refractivity contribution in [3.8, 4) is 5.88 Å². The minimum atomic E-state index is -0.0733. The molecule has 1 heterocycles. The lowest BCUT2D eigenvalue weighted by atomic mass is 10.0. The molecule has 5 heteroatoms. The summed E-state index contributed by atoms with van der Waals surface area (Å²) in [6.45, 7) is 6.33. The van der Waals surface area contributed by atoms with E-state index in [1.807, 2.05) is 18.2 Å². The molecule has 0 fully saturated rings. The zero-order valence-corrected chi connectivity index (χ0v) is 17.5. The predicted molar refractivity (Wildman–Crippen MR) is 113 cm³/mol. The summed E-state index contributed by atoms with van der Waals surface area (Å²) >= 11 is 3.39. The van der Waals surface area contributed by atoms with E-state index >= 15 is 0 Å². The van der Waals surface area contributed by atoms with Gasteiger partial charge in [0.05, 0.1) is 12.2 Å². The lowest BCUT2D eigenvalue weighted by molar-refractivity contribution is 0.103. The van der Waals surface area contributed by atoms with Crippen LogP contribution < -0.4 is 4.74 Å². The predicted octanol–water partition coefficient (Wildman–Crippen LogP) is 5.13. The summed E-state index contributed by atoms with van der Waals surface area (Å²) in [5.41, 5.74) is 1.13. The fourth-order valence-corrected chi connectivity index (χ4v) is 3.02. The second-order valence-electron chi connectivity index (χ2n) is 6.51. The fraction of sp³-hybridized carbons (Fsp3) is 0.364. The van der Waals surface area contributed by atoms with Crippen LogP contribution in [0.25, 0.3) is 0 Å². The summed E-state index contributed by atoms with van der Waals surface area (Å²) in [7, 11) is 2.11. The first-order valence-electron chi connectivity index (χ1n) is 9.29. The van der Waals surface area contributed by atoms with Crippen LogP contribution in [0.4, 0.5) is 0 Å². The van der Waals surface area contributed by atoms with Gasteiger partial charge in [0.15, 0.2) is 5.78 Å². The molecule has 0 saturated heterocycles. The van der Waals surface area contributed by atoms with Crippen LogP contribution in [0, 0.1) is 0 Å². The summed E-state index contributed by atoms with van der Waals surface area (Å²) in [6.07, 6.45) is 7.97. The molecular formula is C22H27BrN2O2. The van der Waals surface area contributed by atoms with E-state index in [2.05, 4.69) is 39.4 Å². The highest BCUT2D eigenvalue weighted by Gasteiger charge is 2.15. The first-order valence-corrected chi connectivity index (χ1v) is 10.1. The number of unbranched alkanes of at least 4 members (excludes halogenated alkanes) is 3. The van der Waals surface area contributed by atoms with E-state index in [1.54, 1.807) is 30.5 Å². The normalized spacial score (nSPS) is 10.8. The molecule has 0 N–H and O–H groups in total. The lowest BCUT2D eigenvalue weighted by Crippen LogP contribution is -2.19. The van der Waals surface area contributed by atoms with Crippen molar-refractivity contribution >= 4 is 21.7 Å². The highest BCUT2D eigenvalue weighted by Crippen LogP contribution is 2.20. The van der Waals surface area contributed by atoms with Crippen LogP contribution in [0.3, 0.4) is 0 Å². The minimum absolute atomic E-state index is 0.0733. The Kier molecular flexibility index (Phi) is 9.22. The Labute approximate surface area is 170 Å². The summed E-state index contributed by atoms with van der Waals surface area (Å²) in [5, 5.41) is 0. The maximum Gasteiger partial charge on any atom is 0.224 e. The molecule has 0 saturated carbocycles. The molecule has 0 aliphatic rings. The molecule has 0 radical (unpaired) electrons. The van der Waals surface area contributed by atoms with Gasteiger partial charge in [0.2, 0.25) is 5.88 Å². The molecule has 0 aliphatic carbocycles. The molecule has 0 bridgehead atoms. The van der Waals surface area contributed by atoms with Crippen LogP contribution in [0.5, 0.6) is 5.88 Å². The van der Waals surface area contributed by atoms with Crippen LogP contribution in [0.1, 0.15) is 41.6 Å². The molecule has 2 rings (SSSR count). The molecule has 27 heavy (non-hydrogen) atoms. The zero-order chi connectivity index (χ0) is 19.5. The van der Waals surface area contributed by atoms with Crippen LogP contribution in [0.15, 0.2) is 59.7 Å². The highest BCUT2D eigenvalue weighted by molar-refractivity contribution is 9.10. The van der Waals surface area contributed by atoms with Crippen LogP contribution in [-0.2, 0) is 0 Å². The van der Waals surface area contributed by atoms with Gasteiger partial charge in [0.25, 0.3) is 0 Å². The molecule has 0 aliphatic heterocycles. The van der Waals surface area contributed by atoms with Gasteiger partial charge < -0.3 is 9.64 Å². The average Bonchev–Trinajstić information content (AvgIpc) is 2.68. The molecule has 0 amide bonds. The molecule has 4 nitrogen and oxygen atoms in total. The number of hydrogen-bond acceptors (Lipinski definition) is 4. The maximum atomic E-state index is 12.7. The summed E-state index contributed by atoms with van der Waals surface area (Å²) < 4.78 is 6.75. The standard InChI is InChI=1S/C22H27BrN2O2/c1-3-15-25(2)16-6-4-5-7-17-27-22-20(9-8-14-24-22)21(26)18-10-12-19(23)13-11-18/h3,8-14H,1,4-7,15-17H2,2H3. The van der Waals surface area contributed by atoms with Crippen LogP contribution in [0.2, 0.25) is 0 Å². The van der Waals surface area contributed by atoms with Gasteiger partial charge in [-0.25, -0.2) is 4.98 Å². The van der Waals surface area contributed by atoms with Gasteiger partial charge in [-0.15, -0.1) is 6.58 Å². The number of rotatable bonds is 12. The van der Waals surface area contributed by atoms with E-state index < -0.39 is 0 Å². The Morgan fingerprint density at radius 3 is 2.67 bits per heavy atom. The van der Waals surface area contributed by atoms with Gasteiger partial charge in [-0.2, -0.15) is 0 Å². The Balaban J connectivity index is 1.79. The molecule has 144 valence electrons. The summed E-state index contributed by atoms with van der Waals surface area (Å²) in [5.74, 6) is 0.340. The van der Waals surface area contributed by atoms with Gasteiger partial charge in [0.1, 0.15) is 0 Å². The van der Waals surface area contributed by atoms with Crippen LogP contribution in [-0.4, -0.2) is 42.4 Å². The average molecular weight is 431 g/mol. The van der Waals surface area contributed by atoms with Gasteiger partial charge >= 0.3 is 0 Å². The maximum absolute atomic E-state index is 12.7. The second kappa shape index (κ2) is 11.7. The van der Waals surface area contributed by atoms with Crippen molar-refractivity contribution in [2.45, 2.75) is 25.7 Å². The number of carbonyl (C=O) groups excluding carboxylic acids is 1. The third-order valence-corrected chi connectivity index (χ3v) is 4.76. The second-order valence-corrected chi connectivity index (χ2v) is 7.42. The summed E-state index contributed by atoms with van der Waals surface area (Å²) in [4.78, 5) is 19.2. The number of aromatic nitrogens is 1. The summed E-state index contributed by atoms with van der Waals surface area (Å²) in [6, 6.07) is 10.8. The number of ether oxygens (including phenoxy) is 1. The van der Waals surface area contributed by atoms with E-state index in [1.165, 1.54) is 6.42 Å². The first kappa shape index (κ1) is 21.3. The SMILES string of the molecule is C=CCN(C)CCCCCCOc1ncccc1C(=O)c1ccc(Br)cc1. The molecule has 2 aromatic rings. The number of hydrogen-bond donors (Lipinski definition) is 0. The van der Waals surface area contributed by atoms with E-state index in [-0.39, 0.29) is 5.78 Å². The Morgan fingerprint density at radius 2 is 1.93 bits per heavy atom. The Bertz CT molecular complexity index is 731. The van der Waals surface area contributed by atoms with E-state index in [0.717, 1.165) is 36.8 Å². The van der Waals surface area contributed by atoms with Crippen molar-refractivity contribution in [3.63, 3.8) is 0 Å². The Hall–Kier alpha value is -1.98. The quantitative estimate of drug-likeness (QED) is 0.265. The van der Waals surface area contributed by atoms with E-state index in [4.69, 9.17) is 4.74 Å². The lowest BCUT2D eigenvalue weighted by Gasteiger charge is -2.13. The molecule has 0 unspecified atom stereocenters. The van der Waals surface area contributed by atoms with Crippen molar-refractivity contribution < 1.29 is 9.53 Å². The number of ketones is 1. The van der Waals surface area contributed by atoms with Crippen molar-refractivity contribution in [1.82, 2.24) is 9.88 Å². The molecule has 1 aromatic carbocycles. The number of carbonyl (C=O) groups is 1. The number of likely N-dealkylation sites (N-methyl/N-ethyl adjacent to an activating group) is 1. The Morgan fingerprint density at radius 1 is 1.19 bits per heavy atom. The van der Waals surface area contributed by atoms with Crippen molar-refractivity contribution in [2.24, 2.45) is 0 Å². The first-order chi connectivity index (χ1) is 13.1. The largest absolute Gasteiger partial charge is 0.477 e. The van der Waals surface area contributed by atoms with Crippen LogP contribution >= 0.6 is 15.9 Å². The highest BCUT2D eigenvalue weighted by atomic mass is 79.9. The number of benzene rings is 1. The van der Waals surface area contributed by atoms with Crippen molar-refractivity contribution in [3.05, 3.63) is 70.8 Å². The van der Waals surface area contributed by atoms with E-state index in [9.17, 15) is 4.79 Å². The van der Waals surface area contributed by atoms with Gasteiger partial charge in [-0.05, 0) is 62.8 Å². The molecule has 0 atom stereocenters. The molecule has 1 aromatic heterocycles. The van der Waals surface area contributed by atoms with Crippen molar-refractivity contribution in [2.75, 3.05) is 26.7 Å². The minimum Gasteiger partial charge on any atom is -0.477 e. The monoisotopic (exact) mass is 430 g/mol. The third-order valence-electron chi connectivity index (χ3n) is 4.24. The number of pyridine rings is 1. The molecule has 0 spiro atoms. The topological polar surface area (TPSA) is 42.4 Å². The zero-order valence-electron chi connectivity index (χ0n) is 15.9. The van der Waals surface area contributed by atoms with Gasteiger partial charge in [-0.1, -0.05) is 34.8 Å². The fourth-order valence-electron chi connectivity index (χ4n) is 2.75. The number of nitrogens with zero attached hydrogens (tertiary/aromatic N) is 2. The van der Waals surface area contributed by atoms with Gasteiger partial charge in [-0.3, -0.25) is 4.79 Å². The molecular weight excluding hydrogens is 404 g/mol. The third kappa shape index (κ3) is 7.27. The van der Waals surface area contributed by atoms with Gasteiger partial charge in [0, 0.05) is 22.8 Å². The van der Waals surface area contributed by atoms with Crippen molar-refractivity contribution in [1.29, 1.82) is 0 Å². The van der Waals surface area contributed by atoms with E-state index in [0.29, 0.717) is 23.6 Å². The number of halogens is 1.